The van der Waals surface area contributed by atoms with Crippen LogP contribution in [0.2, 0.25) is 0 Å². The van der Waals surface area contributed by atoms with Crippen LogP contribution in [0.1, 0.15) is 0 Å². The minimum absolute atomic E-state index is 0.0194. The maximum absolute atomic E-state index is 4.12. The van der Waals surface area contributed by atoms with Gasteiger partial charge in [0.05, 0.1) is 0 Å². The van der Waals surface area contributed by atoms with Crippen molar-refractivity contribution in [3.8, 4) is 0 Å². The largest absolute Gasteiger partial charge is 0.553 e. The first-order chi connectivity index (χ1) is 12.3. The van der Waals surface area contributed by atoms with Gasteiger partial charge in [-0.1, -0.05) is 14.0 Å². The van der Waals surface area contributed by atoms with Crippen molar-refractivity contribution < 1.29 is 0 Å². The van der Waals surface area contributed by atoms with Gasteiger partial charge in [-0.15, -0.1) is 98.2 Å². The third-order valence-corrected chi connectivity index (χ3v) is 175. The SMILES string of the molecule is [PH-]PP(P)P(P(P([PH-])[PH-])P(P)P)P(P(P(P)P)P(P)P)P(P(P)P)P(P)P. The first-order valence-electron chi connectivity index (χ1n) is 5.96. The monoisotopic (exact) mass is 862 g/mol. The lowest BCUT2D eigenvalue weighted by Crippen LogP contribution is -1.62. The van der Waals surface area contributed by atoms with Gasteiger partial charge in [0, 0.05) is 0 Å². The molecule has 0 saturated heterocycles. The summed E-state index contributed by atoms with van der Waals surface area (Å²) < 4.78 is 0. The van der Waals surface area contributed by atoms with E-state index in [1.54, 1.807) is 0 Å². The van der Waals surface area contributed by atoms with E-state index in [0.29, 0.717) is 0 Å². The third kappa shape index (κ3) is 14.4. The van der Waals surface area contributed by atoms with Crippen molar-refractivity contribution in [2.75, 3.05) is 0 Å². The van der Waals surface area contributed by atoms with Gasteiger partial charge in [-0.05, 0) is 62.9 Å². The molecule has 0 spiro atoms. The maximum Gasteiger partial charge on any atom is -0.000682 e. The van der Waals surface area contributed by atoms with Gasteiger partial charge in [-0.3, -0.25) is 7.96 Å². The predicted octanol–water partition coefficient (Wildman–Crippen LogP) is 16.3. The van der Waals surface area contributed by atoms with Crippen LogP contribution in [0, 0.1) is 0 Å². The average Bonchev–Trinajstić information content (AvgIpc) is 2.48. The second-order valence-corrected chi connectivity index (χ2v) is 108. The Balaban J connectivity index is 6.66. The van der Waals surface area contributed by atoms with E-state index in [9.17, 15) is 0 Å². The van der Waals surface area contributed by atoms with Gasteiger partial charge in [-0.2, -0.15) is 0 Å². The number of rotatable bonds is 12. The van der Waals surface area contributed by atoms with Crippen molar-refractivity contribution in [1.82, 2.24) is 0 Å². The van der Waals surface area contributed by atoms with Crippen LogP contribution in [0.15, 0.2) is 0 Å². The van der Waals surface area contributed by atoms with Gasteiger partial charge < -0.3 is 33.8 Å². The van der Waals surface area contributed by atoms with Gasteiger partial charge in [0.1, 0.15) is 0 Å². The zero-order valence-electron chi connectivity index (χ0n) is 13.7. The van der Waals surface area contributed by atoms with Crippen LogP contribution < -0.4 is 0 Å². The Morgan fingerprint density at radius 1 is 0.444 bits per heavy atom. The molecule has 0 aliphatic heterocycles. The van der Waals surface area contributed by atoms with Gasteiger partial charge in [0.2, 0.25) is 0 Å². The Morgan fingerprint density at radius 3 is 0.926 bits per heavy atom. The number of hydrogen-bond acceptors (Lipinski definition) is 0. The van der Waals surface area contributed by atoms with Crippen LogP contribution in [-0.4, -0.2) is 0 Å². The molecule has 0 nitrogen and oxygen atoms in total. The molecule has 27 heavy (non-hydrogen) atoms. The molecule has 15 unspecified atom stereocenters. The van der Waals surface area contributed by atoms with Crippen LogP contribution in [-0.2, 0) is 0 Å². The molecular formula is H26P27-3. The van der Waals surface area contributed by atoms with E-state index in [0.717, 1.165) is 7.96 Å². The molecule has 0 aliphatic rings. The minimum atomic E-state index is -0.251. The Hall–Kier alpha value is 11.6. The molecule has 0 N–H and O–H groups in total. The minimum Gasteiger partial charge on any atom is -0.553 e. The molecule has 0 bridgehead atoms. The van der Waals surface area contributed by atoms with E-state index >= 15 is 0 Å². The fourth-order valence-corrected chi connectivity index (χ4v) is 337. The molecule has 0 heterocycles. The standard InChI is InChI=1S/H26P27/c1-15-22(14)26(23(16(2)3)17(4)5)27(24(18(6)7)19(8)9)25(20(10)11)21(12)13/h1-3,15H,4-14H2/q-3. The normalized spacial score (nSPS) is 17.4. The molecule has 0 amide bonds. The summed E-state index contributed by atoms with van der Waals surface area (Å²) in [6, 6.07) is 0. The second kappa shape index (κ2) is 21.3. The summed E-state index contributed by atoms with van der Waals surface area (Å²) in [6.45, 7) is -0.465. The highest BCUT2D eigenvalue weighted by molar-refractivity contribution is 9.42. The van der Waals surface area contributed by atoms with E-state index in [1.165, 1.54) is 0 Å². The first-order valence-corrected chi connectivity index (χ1v) is 53.6. The summed E-state index contributed by atoms with van der Waals surface area (Å²) in [4.78, 5) is 0. The quantitative estimate of drug-likeness (QED) is 0.172. The van der Waals surface area contributed by atoms with Gasteiger partial charge >= 0.3 is 0 Å². The summed E-state index contributed by atoms with van der Waals surface area (Å²) in [7, 11) is 48.7. The van der Waals surface area contributed by atoms with Crippen LogP contribution in [0.5, 0.6) is 0 Å². The zero-order chi connectivity index (χ0) is 21.6. The van der Waals surface area contributed by atoms with Crippen LogP contribution in [0.4, 0.5) is 0 Å². The summed E-state index contributed by atoms with van der Waals surface area (Å²) in [5.41, 5.74) is 0. The van der Waals surface area contributed by atoms with Crippen LogP contribution in [0.3, 0.4) is 0 Å². The topological polar surface area (TPSA) is 0 Å². The van der Waals surface area contributed by atoms with E-state index < -0.39 is 0 Å². The van der Waals surface area contributed by atoms with E-state index in [1.807, 2.05) is 0 Å². The lowest BCUT2D eigenvalue weighted by atomic mass is 28.5. The van der Waals surface area contributed by atoms with Crippen LogP contribution in [0.25, 0.3) is 0 Å². The molecule has 0 aromatic heterocycles. The Bertz CT molecular complexity index is 329. The Morgan fingerprint density at radius 2 is 0.741 bits per heavy atom. The second-order valence-electron chi connectivity index (χ2n) is 4.01. The van der Waals surface area contributed by atoms with E-state index in [4.69, 9.17) is 0 Å². The molecule has 0 rings (SSSR count). The fourth-order valence-electron chi connectivity index (χ4n) is 1.39. The molecule has 27 heteroatoms. The highest BCUT2D eigenvalue weighted by atomic mass is 33.5. The first kappa shape index (κ1) is 38.6. The Kier molecular flexibility index (Phi) is 30.5. The molecule has 15 atom stereocenters. The molecule has 0 aromatic rings. The number of hydrogen-bond donors (Lipinski definition) is 0. The van der Waals surface area contributed by atoms with Crippen molar-refractivity contribution in [3.63, 3.8) is 0 Å². The van der Waals surface area contributed by atoms with Gasteiger partial charge in [-0.25, -0.2) is 0 Å². The zero-order valence-corrected chi connectivity index (χ0v) is 41.2. The highest BCUT2D eigenvalue weighted by Gasteiger charge is 2.45. The average molecular weight is 863 g/mol. The summed E-state index contributed by atoms with van der Waals surface area (Å²) in [5.74, 6) is 0. The van der Waals surface area contributed by atoms with Gasteiger partial charge in [0.15, 0.2) is 0 Å². The van der Waals surface area contributed by atoms with Crippen molar-refractivity contribution in [2.24, 2.45) is 0 Å². The fraction of sp³-hybridized carbons (Fsp3) is 0. The highest BCUT2D eigenvalue weighted by Crippen LogP contribution is 3.36. The van der Waals surface area contributed by atoms with E-state index in [2.05, 4.69) is 125 Å². The lowest BCUT2D eigenvalue weighted by Gasteiger charge is -2.55. The third-order valence-electron chi connectivity index (χ3n) is 2.16. The van der Waals surface area contributed by atoms with Crippen molar-refractivity contribution in [3.05, 3.63) is 0 Å². The van der Waals surface area contributed by atoms with Gasteiger partial charge in [0.25, 0.3) is 0 Å². The molecular weight excluding hydrogens is 836 g/mol. The molecule has 0 fully saturated rings. The summed E-state index contributed by atoms with van der Waals surface area (Å²) >= 11 is 0. The van der Waals surface area contributed by atoms with Crippen LogP contribution >= 0.6 is 217 Å². The Labute approximate surface area is 214 Å². The van der Waals surface area contributed by atoms with Crippen molar-refractivity contribution in [1.29, 1.82) is 0 Å². The maximum atomic E-state index is 4.12. The summed E-state index contributed by atoms with van der Waals surface area (Å²) in [6.07, 6.45) is 0. The summed E-state index contributed by atoms with van der Waals surface area (Å²) in [5, 5.41) is 0. The molecule has 0 aliphatic carbocycles. The smallest absolute Gasteiger partial charge is 0.000682 e. The van der Waals surface area contributed by atoms with Crippen molar-refractivity contribution >= 4 is 217 Å². The lowest BCUT2D eigenvalue weighted by molar-refractivity contribution is 4.44. The predicted molar refractivity (Wildman–Crippen MR) is 223 cm³/mol. The van der Waals surface area contributed by atoms with Crippen molar-refractivity contribution in [2.45, 2.75) is 0 Å². The molecule has 0 aromatic carbocycles. The molecule has 0 saturated carbocycles. The molecule has 164 valence electrons. The molecule has 0 radical (unpaired) electrons. The van der Waals surface area contributed by atoms with E-state index in [-0.39, 0.29) is 83.8 Å².